The van der Waals surface area contributed by atoms with Gasteiger partial charge in [0.05, 0.1) is 24.2 Å². The van der Waals surface area contributed by atoms with Crippen molar-refractivity contribution in [3.05, 3.63) is 36.3 Å². The lowest BCUT2D eigenvalue weighted by Gasteiger charge is -2.35. The van der Waals surface area contributed by atoms with Crippen molar-refractivity contribution < 1.29 is 31.6 Å². The minimum atomic E-state index is -3.25. The first kappa shape index (κ1) is 20.4. The number of hydrogen-bond donors (Lipinski definition) is 0. The first-order valence-corrected chi connectivity index (χ1v) is 11.2. The number of carbonyl (C=O) groups is 1. The largest absolute Gasteiger partial charge is 0.471 e. The Kier molecular flexibility index (Phi) is 5.52. The number of carbonyl (C=O) groups excluding carboxylic acids is 1. The van der Waals surface area contributed by atoms with Gasteiger partial charge in [0, 0.05) is 32.2 Å². The lowest BCUT2D eigenvalue weighted by molar-refractivity contribution is 0.102. The minimum absolute atomic E-state index is 0.0972. The van der Waals surface area contributed by atoms with Crippen LogP contribution in [0.5, 0.6) is 5.88 Å². The van der Waals surface area contributed by atoms with Gasteiger partial charge in [-0.25, -0.2) is 17.6 Å². The van der Waals surface area contributed by atoms with Gasteiger partial charge in [0.15, 0.2) is 6.10 Å². The van der Waals surface area contributed by atoms with Gasteiger partial charge in [-0.1, -0.05) is 0 Å². The zero-order valence-electron chi connectivity index (χ0n) is 16.2. The number of rotatable bonds is 6. The molecule has 0 saturated carbocycles. The summed E-state index contributed by atoms with van der Waals surface area (Å²) >= 11 is 0. The van der Waals surface area contributed by atoms with Gasteiger partial charge in [-0.05, 0) is 23.4 Å². The molecule has 2 fully saturated rings. The molecule has 2 aromatic rings. The zero-order chi connectivity index (χ0) is 21.3. The average Bonchev–Trinajstić information content (AvgIpc) is 3.35. The SMILES string of the molecule is CS(=O)(=O)N1CCN(c2ccc(N3C[C@H](COc4ccon4)OC3=O)cc2F)CC1. The van der Waals surface area contributed by atoms with Crippen LogP contribution in [-0.4, -0.2) is 75.7 Å². The number of amides is 1. The van der Waals surface area contributed by atoms with E-state index >= 15 is 0 Å². The van der Waals surface area contributed by atoms with Crippen LogP contribution < -0.4 is 14.5 Å². The number of anilines is 2. The monoisotopic (exact) mass is 440 g/mol. The molecule has 0 bridgehead atoms. The third kappa shape index (κ3) is 4.33. The molecule has 2 aliphatic rings. The van der Waals surface area contributed by atoms with Gasteiger partial charge in [-0.3, -0.25) is 4.90 Å². The van der Waals surface area contributed by atoms with E-state index in [4.69, 9.17) is 9.47 Å². The summed E-state index contributed by atoms with van der Waals surface area (Å²) in [4.78, 5) is 15.3. The molecule has 162 valence electrons. The van der Waals surface area contributed by atoms with Crippen LogP contribution >= 0.6 is 0 Å². The lowest BCUT2D eigenvalue weighted by Crippen LogP contribution is -2.48. The summed E-state index contributed by atoms with van der Waals surface area (Å²) in [6.45, 7) is 1.67. The molecule has 1 aromatic carbocycles. The zero-order valence-corrected chi connectivity index (χ0v) is 17.0. The first-order chi connectivity index (χ1) is 14.3. The number of benzene rings is 1. The number of hydrogen-bond acceptors (Lipinski definition) is 8. The van der Waals surface area contributed by atoms with Gasteiger partial charge in [0.1, 0.15) is 18.7 Å². The highest BCUT2D eigenvalue weighted by Crippen LogP contribution is 2.29. The Morgan fingerprint density at radius 1 is 1.23 bits per heavy atom. The third-order valence-electron chi connectivity index (χ3n) is 5.00. The van der Waals surface area contributed by atoms with Crippen molar-refractivity contribution in [3.63, 3.8) is 0 Å². The molecule has 1 atom stereocenters. The van der Waals surface area contributed by atoms with Crippen molar-refractivity contribution in [1.29, 1.82) is 0 Å². The fourth-order valence-corrected chi connectivity index (χ4v) is 4.28. The molecule has 0 unspecified atom stereocenters. The molecule has 10 nitrogen and oxygen atoms in total. The second-order valence-electron chi connectivity index (χ2n) is 7.05. The van der Waals surface area contributed by atoms with Crippen LogP contribution in [0, 0.1) is 5.82 Å². The van der Waals surface area contributed by atoms with Gasteiger partial charge < -0.3 is 18.9 Å². The van der Waals surface area contributed by atoms with Crippen molar-refractivity contribution in [2.45, 2.75) is 6.10 Å². The van der Waals surface area contributed by atoms with Crippen molar-refractivity contribution in [3.8, 4) is 5.88 Å². The molecule has 1 aromatic heterocycles. The molecule has 2 saturated heterocycles. The Labute approximate surface area is 172 Å². The number of cyclic esters (lactones) is 1. The normalized spacial score (nSPS) is 20.5. The standard InChI is InChI=1S/C18H21FN4O6S/c1-30(25,26)22-7-5-21(6-8-22)16-3-2-13(10-15(16)19)23-11-14(29-18(23)24)12-27-17-4-9-28-20-17/h2-4,9-10,14H,5-8,11-12H2,1H3/t14-/m1/s1. The Bertz CT molecular complexity index is 1010. The molecule has 0 radical (unpaired) electrons. The first-order valence-electron chi connectivity index (χ1n) is 9.32. The number of sulfonamides is 1. The fourth-order valence-electron chi connectivity index (χ4n) is 3.45. The van der Waals surface area contributed by atoms with Crippen LogP contribution in [0.3, 0.4) is 0 Å². The van der Waals surface area contributed by atoms with E-state index in [2.05, 4.69) is 9.68 Å². The fraction of sp³-hybridized carbons (Fsp3) is 0.444. The number of piperazine rings is 1. The summed E-state index contributed by atoms with van der Waals surface area (Å²) < 4.78 is 54.7. The highest BCUT2D eigenvalue weighted by atomic mass is 32.2. The van der Waals surface area contributed by atoms with E-state index in [-0.39, 0.29) is 19.0 Å². The molecule has 0 spiro atoms. The summed E-state index contributed by atoms with van der Waals surface area (Å²) in [5.74, 6) is -0.203. The van der Waals surface area contributed by atoms with Crippen LogP contribution in [0.15, 0.2) is 35.1 Å². The molecule has 0 N–H and O–H groups in total. The molecule has 2 aliphatic heterocycles. The maximum Gasteiger partial charge on any atom is 0.414 e. The Balaban J connectivity index is 1.39. The maximum atomic E-state index is 14.8. The van der Waals surface area contributed by atoms with Crippen LogP contribution in [0.1, 0.15) is 0 Å². The number of halogens is 1. The van der Waals surface area contributed by atoms with Crippen LogP contribution in [-0.2, 0) is 14.8 Å². The van der Waals surface area contributed by atoms with Gasteiger partial charge >= 0.3 is 6.09 Å². The topological polar surface area (TPSA) is 105 Å². The van der Waals surface area contributed by atoms with Gasteiger partial charge in [0.2, 0.25) is 10.0 Å². The maximum absolute atomic E-state index is 14.8. The third-order valence-corrected chi connectivity index (χ3v) is 6.30. The number of aromatic nitrogens is 1. The summed E-state index contributed by atoms with van der Waals surface area (Å²) in [7, 11) is -3.25. The van der Waals surface area contributed by atoms with Gasteiger partial charge in [-0.2, -0.15) is 4.31 Å². The molecular weight excluding hydrogens is 419 g/mol. The highest BCUT2D eigenvalue weighted by Gasteiger charge is 2.34. The predicted octanol–water partition coefficient (Wildman–Crippen LogP) is 1.30. The Hall–Kier alpha value is -2.86. The average molecular weight is 440 g/mol. The number of nitrogens with zero attached hydrogens (tertiary/aromatic N) is 4. The van der Waals surface area contributed by atoms with Crippen molar-refractivity contribution in [1.82, 2.24) is 9.46 Å². The van der Waals surface area contributed by atoms with E-state index < -0.39 is 28.0 Å². The van der Waals surface area contributed by atoms with E-state index in [0.29, 0.717) is 37.6 Å². The van der Waals surface area contributed by atoms with Gasteiger partial charge in [0.25, 0.3) is 5.88 Å². The smallest absolute Gasteiger partial charge is 0.414 e. The summed E-state index contributed by atoms with van der Waals surface area (Å²) in [5.41, 5.74) is 0.741. The van der Waals surface area contributed by atoms with Crippen LogP contribution in [0.4, 0.5) is 20.6 Å². The van der Waals surface area contributed by atoms with Crippen LogP contribution in [0.25, 0.3) is 0 Å². The van der Waals surface area contributed by atoms with Crippen molar-refractivity contribution >= 4 is 27.5 Å². The molecule has 1 amide bonds. The van der Waals surface area contributed by atoms with E-state index in [1.54, 1.807) is 23.1 Å². The molecular formula is C18H21FN4O6S. The molecule has 30 heavy (non-hydrogen) atoms. The molecule has 4 rings (SSSR count). The lowest BCUT2D eigenvalue weighted by atomic mass is 10.2. The molecule has 0 aliphatic carbocycles. The summed E-state index contributed by atoms with van der Waals surface area (Å²) in [5, 5.41) is 3.62. The van der Waals surface area contributed by atoms with Crippen molar-refractivity contribution in [2.75, 3.05) is 55.4 Å². The Morgan fingerprint density at radius 3 is 2.63 bits per heavy atom. The van der Waals surface area contributed by atoms with E-state index in [1.807, 2.05) is 0 Å². The predicted molar refractivity (Wildman–Crippen MR) is 105 cm³/mol. The second kappa shape index (κ2) is 8.11. The minimum Gasteiger partial charge on any atom is -0.471 e. The quantitative estimate of drug-likeness (QED) is 0.662. The number of ether oxygens (including phenoxy) is 2. The van der Waals surface area contributed by atoms with E-state index in [0.717, 1.165) is 6.26 Å². The highest BCUT2D eigenvalue weighted by molar-refractivity contribution is 7.88. The molecule has 3 heterocycles. The summed E-state index contributed by atoms with van der Waals surface area (Å²) in [6, 6.07) is 6.05. The van der Waals surface area contributed by atoms with Crippen LogP contribution in [0.2, 0.25) is 0 Å². The van der Waals surface area contributed by atoms with E-state index in [1.165, 1.54) is 21.5 Å². The Morgan fingerprint density at radius 2 is 2.00 bits per heavy atom. The van der Waals surface area contributed by atoms with Crippen molar-refractivity contribution in [2.24, 2.45) is 0 Å². The summed E-state index contributed by atoms with van der Waals surface area (Å²) in [6.07, 6.45) is 1.42. The van der Waals surface area contributed by atoms with E-state index in [9.17, 15) is 17.6 Å². The van der Waals surface area contributed by atoms with Gasteiger partial charge in [-0.15, -0.1) is 0 Å². The second-order valence-corrected chi connectivity index (χ2v) is 9.03. The molecule has 12 heteroatoms.